The maximum absolute atomic E-state index is 13.2. The SMILES string of the molecule is O=C(O)N1CCC2CN(S(=O)(=O)c3cccc4cnccc34)CC2C1. The molecule has 132 valence electrons. The Hall–Kier alpha value is -2.19. The summed E-state index contributed by atoms with van der Waals surface area (Å²) in [6, 6.07) is 6.92. The van der Waals surface area contributed by atoms with Gasteiger partial charge in [0.05, 0.1) is 4.90 Å². The fourth-order valence-electron chi connectivity index (χ4n) is 3.95. The van der Waals surface area contributed by atoms with Crippen molar-refractivity contribution >= 4 is 26.9 Å². The number of hydrogen-bond acceptors (Lipinski definition) is 4. The maximum Gasteiger partial charge on any atom is 0.407 e. The second kappa shape index (κ2) is 5.96. The lowest BCUT2D eigenvalue weighted by molar-refractivity contribution is 0.110. The molecule has 3 heterocycles. The Balaban J connectivity index is 1.64. The quantitative estimate of drug-likeness (QED) is 0.882. The summed E-state index contributed by atoms with van der Waals surface area (Å²) in [6.07, 6.45) is 3.03. The first kappa shape index (κ1) is 16.3. The number of likely N-dealkylation sites (tertiary alicyclic amines) is 1. The van der Waals surface area contributed by atoms with Gasteiger partial charge in [0.2, 0.25) is 10.0 Å². The van der Waals surface area contributed by atoms with E-state index in [1.54, 1.807) is 30.6 Å². The summed E-state index contributed by atoms with van der Waals surface area (Å²) in [4.78, 5) is 16.9. The molecule has 25 heavy (non-hydrogen) atoms. The van der Waals surface area contributed by atoms with Crippen molar-refractivity contribution in [2.24, 2.45) is 11.8 Å². The molecule has 0 saturated carbocycles. The fraction of sp³-hybridized carbons (Fsp3) is 0.412. The van der Waals surface area contributed by atoms with E-state index in [0.29, 0.717) is 42.9 Å². The predicted octanol–water partition coefficient (Wildman–Crippen LogP) is 1.86. The smallest absolute Gasteiger partial charge is 0.407 e. The minimum absolute atomic E-state index is 0.0660. The molecule has 1 amide bonds. The average Bonchev–Trinajstić information content (AvgIpc) is 3.05. The molecular weight excluding hydrogens is 342 g/mol. The van der Waals surface area contributed by atoms with Crippen molar-refractivity contribution < 1.29 is 18.3 Å². The molecule has 1 aromatic carbocycles. The highest BCUT2D eigenvalue weighted by Gasteiger charge is 2.43. The summed E-state index contributed by atoms with van der Waals surface area (Å²) in [6.45, 7) is 1.72. The lowest BCUT2D eigenvalue weighted by Gasteiger charge is -2.32. The van der Waals surface area contributed by atoms with Gasteiger partial charge in [-0.25, -0.2) is 13.2 Å². The van der Waals surface area contributed by atoms with Crippen LogP contribution in [-0.2, 0) is 10.0 Å². The van der Waals surface area contributed by atoms with Gasteiger partial charge in [-0.1, -0.05) is 12.1 Å². The zero-order valence-electron chi connectivity index (χ0n) is 13.6. The Bertz CT molecular complexity index is 925. The van der Waals surface area contributed by atoms with Crippen molar-refractivity contribution in [3.63, 3.8) is 0 Å². The summed E-state index contributed by atoms with van der Waals surface area (Å²) >= 11 is 0. The van der Waals surface area contributed by atoms with E-state index >= 15 is 0 Å². The zero-order chi connectivity index (χ0) is 17.6. The van der Waals surface area contributed by atoms with Gasteiger partial charge in [0.25, 0.3) is 0 Å². The van der Waals surface area contributed by atoms with Gasteiger partial charge in [-0.2, -0.15) is 4.31 Å². The van der Waals surface area contributed by atoms with Crippen molar-refractivity contribution in [2.45, 2.75) is 11.3 Å². The summed E-state index contributed by atoms with van der Waals surface area (Å²) in [5, 5.41) is 10.6. The number of hydrogen-bond donors (Lipinski definition) is 1. The molecule has 2 saturated heterocycles. The van der Waals surface area contributed by atoms with Crippen molar-refractivity contribution in [1.82, 2.24) is 14.2 Å². The molecule has 0 radical (unpaired) electrons. The van der Waals surface area contributed by atoms with Crippen molar-refractivity contribution in [1.29, 1.82) is 0 Å². The lowest BCUT2D eigenvalue weighted by atomic mass is 9.89. The van der Waals surface area contributed by atoms with Crippen LogP contribution in [0.1, 0.15) is 6.42 Å². The van der Waals surface area contributed by atoms with Gasteiger partial charge in [0.1, 0.15) is 0 Å². The van der Waals surface area contributed by atoms with Crippen LogP contribution < -0.4 is 0 Å². The average molecular weight is 361 g/mol. The molecule has 2 aliphatic heterocycles. The zero-order valence-corrected chi connectivity index (χ0v) is 14.4. The van der Waals surface area contributed by atoms with Gasteiger partial charge in [0.15, 0.2) is 0 Å². The molecule has 1 aromatic heterocycles. The summed E-state index contributed by atoms with van der Waals surface area (Å²) in [5.41, 5.74) is 0. The van der Waals surface area contributed by atoms with Crippen LogP contribution in [0.5, 0.6) is 0 Å². The number of carbonyl (C=O) groups is 1. The Kier molecular flexibility index (Phi) is 3.88. The van der Waals surface area contributed by atoms with Crippen LogP contribution >= 0.6 is 0 Å². The van der Waals surface area contributed by atoms with Gasteiger partial charge < -0.3 is 10.0 Å². The van der Waals surface area contributed by atoms with Crippen LogP contribution in [0.4, 0.5) is 4.79 Å². The molecule has 2 unspecified atom stereocenters. The van der Waals surface area contributed by atoms with Gasteiger partial charge in [-0.3, -0.25) is 4.98 Å². The second-order valence-electron chi connectivity index (χ2n) is 6.71. The highest BCUT2D eigenvalue weighted by Crippen LogP contribution is 2.35. The summed E-state index contributed by atoms with van der Waals surface area (Å²) < 4.78 is 27.9. The third-order valence-corrected chi connectivity index (χ3v) is 7.19. The first-order chi connectivity index (χ1) is 12.0. The molecule has 0 aliphatic carbocycles. The second-order valence-corrected chi connectivity index (χ2v) is 8.62. The van der Waals surface area contributed by atoms with Crippen LogP contribution in [0.15, 0.2) is 41.6 Å². The number of rotatable bonds is 2. The van der Waals surface area contributed by atoms with Crippen LogP contribution in [0.3, 0.4) is 0 Å². The number of aromatic nitrogens is 1. The normalized spacial score (nSPS) is 24.4. The van der Waals surface area contributed by atoms with Crippen LogP contribution in [-0.4, -0.2) is 60.0 Å². The molecule has 2 aliphatic rings. The molecule has 2 atom stereocenters. The van der Waals surface area contributed by atoms with E-state index in [0.717, 1.165) is 5.39 Å². The molecule has 0 bridgehead atoms. The number of benzene rings is 1. The van der Waals surface area contributed by atoms with Crippen molar-refractivity contribution in [3.05, 3.63) is 36.7 Å². The van der Waals surface area contributed by atoms with E-state index in [1.807, 2.05) is 6.07 Å². The predicted molar refractivity (Wildman–Crippen MR) is 91.7 cm³/mol. The van der Waals surface area contributed by atoms with E-state index in [9.17, 15) is 13.2 Å². The first-order valence-corrected chi connectivity index (χ1v) is 9.71. The third kappa shape index (κ3) is 2.75. The minimum atomic E-state index is -3.62. The molecule has 7 nitrogen and oxygen atoms in total. The molecule has 0 spiro atoms. The molecule has 2 aromatic rings. The Morgan fingerprint density at radius 2 is 1.96 bits per heavy atom. The van der Waals surface area contributed by atoms with E-state index in [-0.39, 0.29) is 11.8 Å². The van der Waals surface area contributed by atoms with Gasteiger partial charge in [-0.05, 0) is 30.4 Å². The molecular formula is C17H19N3O4S. The first-order valence-electron chi connectivity index (χ1n) is 8.27. The number of sulfonamides is 1. The number of piperidine rings is 1. The van der Waals surface area contributed by atoms with Crippen LogP contribution in [0, 0.1) is 11.8 Å². The standard InChI is InChI=1S/C17H19N3O4S/c21-17(22)19-7-5-13-10-20(11-14(13)9-19)25(23,24)16-3-1-2-12-8-18-6-4-15(12)16/h1-4,6,8,13-14H,5,7,9-11H2,(H,21,22). The Labute approximate surface area is 145 Å². The van der Waals surface area contributed by atoms with E-state index in [2.05, 4.69) is 4.98 Å². The Morgan fingerprint density at radius 3 is 2.76 bits per heavy atom. The largest absolute Gasteiger partial charge is 0.465 e. The molecule has 1 N–H and O–H groups in total. The lowest BCUT2D eigenvalue weighted by Crippen LogP contribution is -2.42. The maximum atomic E-state index is 13.2. The molecule has 2 fully saturated rings. The summed E-state index contributed by atoms with van der Waals surface area (Å²) in [7, 11) is -3.62. The van der Waals surface area contributed by atoms with Gasteiger partial charge >= 0.3 is 6.09 Å². The van der Waals surface area contributed by atoms with Gasteiger partial charge in [-0.15, -0.1) is 0 Å². The molecule has 4 rings (SSSR count). The highest BCUT2D eigenvalue weighted by atomic mass is 32.2. The number of carboxylic acid groups (broad SMARTS) is 1. The topological polar surface area (TPSA) is 90.8 Å². The number of fused-ring (bicyclic) bond motifs is 2. The monoisotopic (exact) mass is 361 g/mol. The van der Waals surface area contributed by atoms with E-state index in [4.69, 9.17) is 5.11 Å². The summed E-state index contributed by atoms with van der Waals surface area (Å²) in [5.74, 6) is 0.290. The van der Waals surface area contributed by atoms with Crippen LogP contribution in [0.25, 0.3) is 10.8 Å². The number of amides is 1. The van der Waals surface area contributed by atoms with Crippen molar-refractivity contribution in [2.75, 3.05) is 26.2 Å². The number of nitrogens with zero attached hydrogens (tertiary/aromatic N) is 3. The minimum Gasteiger partial charge on any atom is -0.465 e. The Morgan fingerprint density at radius 1 is 1.16 bits per heavy atom. The van der Waals surface area contributed by atoms with Crippen molar-refractivity contribution in [3.8, 4) is 0 Å². The molecule has 8 heteroatoms. The van der Waals surface area contributed by atoms with Crippen LogP contribution in [0.2, 0.25) is 0 Å². The fourth-order valence-corrected chi connectivity index (χ4v) is 5.72. The van der Waals surface area contributed by atoms with E-state index < -0.39 is 16.1 Å². The van der Waals surface area contributed by atoms with E-state index in [1.165, 1.54) is 9.21 Å². The number of pyridine rings is 1. The highest BCUT2D eigenvalue weighted by molar-refractivity contribution is 7.89. The van der Waals surface area contributed by atoms with Gasteiger partial charge in [0, 0.05) is 49.3 Å². The third-order valence-electron chi connectivity index (χ3n) is 5.30.